The third kappa shape index (κ3) is 3.64. The van der Waals surface area contributed by atoms with Crippen LogP contribution in [0.1, 0.15) is 13.8 Å². The molecule has 0 saturated carbocycles. The molecule has 5 N–H and O–H groups in total. The lowest BCUT2D eigenvalue weighted by Gasteiger charge is -2.41. The Morgan fingerprint density at radius 2 is 1.90 bits per heavy atom. The minimum atomic E-state index is -1.87. The molecule has 3 unspecified atom stereocenters. The molecule has 0 spiro atoms. The molecule has 1 aliphatic rings. The summed E-state index contributed by atoms with van der Waals surface area (Å²) in [6.45, 7) is 2.70. The lowest BCUT2D eigenvalue weighted by Crippen LogP contribution is -2.66. The van der Waals surface area contributed by atoms with Gasteiger partial charge in [0.25, 0.3) is 0 Å². The van der Waals surface area contributed by atoms with Gasteiger partial charge in [-0.15, -0.1) is 0 Å². The van der Waals surface area contributed by atoms with Gasteiger partial charge in [-0.1, -0.05) is 0 Å². The summed E-state index contributed by atoms with van der Waals surface area (Å²) in [5, 5.41) is 41.2. The van der Waals surface area contributed by atoms with Crippen molar-refractivity contribution in [1.82, 2.24) is 5.32 Å². The normalized spacial score (nSPS) is 35.2. The Morgan fingerprint density at radius 1 is 1.30 bits per heavy atom. The number of aliphatic hydroxyl groups excluding tert-OH is 4. The van der Waals surface area contributed by atoms with E-state index in [0.717, 1.165) is 6.92 Å². The fourth-order valence-electron chi connectivity index (χ4n) is 1.92. The molecule has 1 aliphatic heterocycles. The zero-order valence-electron chi connectivity index (χ0n) is 11.1. The lowest BCUT2D eigenvalue weighted by atomic mass is 9.93. The molecule has 1 rings (SSSR count). The summed E-state index contributed by atoms with van der Waals surface area (Å²) in [7, 11) is 0. The molecule has 1 amide bonds. The lowest BCUT2D eigenvalue weighted by molar-refractivity contribution is -0.266. The van der Waals surface area contributed by atoms with Crippen molar-refractivity contribution in [3.05, 3.63) is 0 Å². The van der Waals surface area contributed by atoms with Crippen LogP contribution in [0.2, 0.25) is 0 Å². The van der Waals surface area contributed by atoms with E-state index < -0.39 is 48.6 Å². The molecule has 0 aromatic carbocycles. The average molecular weight is 293 g/mol. The van der Waals surface area contributed by atoms with Crippen molar-refractivity contribution in [2.45, 2.75) is 50.6 Å². The molecule has 9 heteroatoms. The van der Waals surface area contributed by atoms with E-state index in [1.807, 2.05) is 0 Å². The highest BCUT2D eigenvalue weighted by atomic mass is 16.6. The number of hydrogen-bond acceptors (Lipinski definition) is 8. The molecule has 0 radical (unpaired) electrons. The van der Waals surface area contributed by atoms with E-state index in [4.69, 9.17) is 4.74 Å². The van der Waals surface area contributed by atoms with Gasteiger partial charge in [-0.3, -0.25) is 4.79 Å². The molecule has 0 aromatic heterocycles. The average Bonchev–Trinajstić information content (AvgIpc) is 2.38. The Morgan fingerprint density at radius 3 is 2.40 bits per heavy atom. The summed E-state index contributed by atoms with van der Waals surface area (Å²) in [5.74, 6) is -1.60. The van der Waals surface area contributed by atoms with Crippen molar-refractivity contribution < 1.29 is 39.5 Å². The number of rotatable bonds is 4. The second-order valence-electron chi connectivity index (χ2n) is 4.40. The zero-order valence-corrected chi connectivity index (χ0v) is 11.1. The van der Waals surface area contributed by atoms with Crippen molar-refractivity contribution >= 4 is 11.9 Å². The van der Waals surface area contributed by atoms with E-state index in [0.29, 0.717) is 0 Å². The number of nitrogens with one attached hydrogen (secondary N) is 1. The molecule has 9 nitrogen and oxygen atoms in total. The van der Waals surface area contributed by atoms with Gasteiger partial charge in [-0.2, -0.15) is 0 Å². The van der Waals surface area contributed by atoms with Crippen LogP contribution < -0.4 is 5.32 Å². The van der Waals surface area contributed by atoms with Gasteiger partial charge in [0.15, 0.2) is 12.4 Å². The molecule has 20 heavy (non-hydrogen) atoms. The number of amides is 1. The number of aliphatic hydroxyl groups is 4. The first-order valence-electron chi connectivity index (χ1n) is 6.11. The quantitative estimate of drug-likeness (QED) is 0.342. The molecule has 1 heterocycles. The van der Waals surface area contributed by atoms with Crippen LogP contribution in [-0.4, -0.2) is 75.7 Å². The summed E-state index contributed by atoms with van der Waals surface area (Å²) in [5.41, 5.74) is 0. The van der Waals surface area contributed by atoms with Crippen LogP contribution in [0.15, 0.2) is 0 Å². The molecule has 0 aliphatic carbocycles. The van der Waals surface area contributed by atoms with Crippen LogP contribution in [0, 0.1) is 0 Å². The number of esters is 1. The largest absolute Gasteiger partial charge is 0.464 e. The number of carbonyl (C=O) groups is 2. The van der Waals surface area contributed by atoms with Crippen molar-refractivity contribution in [3.8, 4) is 0 Å². The second kappa shape index (κ2) is 6.95. The molecule has 0 bridgehead atoms. The van der Waals surface area contributed by atoms with Crippen LogP contribution in [0.5, 0.6) is 0 Å². The van der Waals surface area contributed by atoms with Gasteiger partial charge >= 0.3 is 5.97 Å². The van der Waals surface area contributed by atoms with Crippen molar-refractivity contribution in [2.24, 2.45) is 0 Å². The highest BCUT2D eigenvalue weighted by molar-refractivity contribution is 5.75. The molecular weight excluding hydrogens is 274 g/mol. The highest BCUT2D eigenvalue weighted by Crippen LogP contribution is 2.22. The number of ether oxygens (including phenoxy) is 2. The number of carbonyl (C=O) groups excluding carboxylic acids is 2. The first kappa shape index (κ1) is 16.8. The predicted octanol–water partition coefficient (Wildman–Crippen LogP) is -3.15. The maximum Gasteiger partial charge on any atom is 0.337 e. The summed E-state index contributed by atoms with van der Waals surface area (Å²) in [6, 6.07) is -1.27. The monoisotopic (exact) mass is 293 g/mol. The first-order valence-corrected chi connectivity index (χ1v) is 6.11. The minimum absolute atomic E-state index is 0.0122. The summed E-state index contributed by atoms with van der Waals surface area (Å²) >= 11 is 0. The van der Waals surface area contributed by atoms with E-state index in [9.17, 15) is 30.0 Å². The van der Waals surface area contributed by atoms with E-state index in [1.165, 1.54) is 6.92 Å². The second-order valence-corrected chi connectivity index (χ2v) is 4.40. The van der Waals surface area contributed by atoms with Crippen LogP contribution in [0.3, 0.4) is 0 Å². The van der Waals surface area contributed by atoms with Gasteiger partial charge in [-0.05, 0) is 6.92 Å². The Kier molecular flexibility index (Phi) is 5.84. The number of hydrogen-bond donors (Lipinski definition) is 5. The van der Waals surface area contributed by atoms with Gasteiger partial charge < -0.3 is 35.2 Å². The standard InChI is InChI=1S/C11H19NO8/c1-3-19-11(18)8(16)9-7(15)6(14)5(10(17)20-9)12-4(2)13/h5-10,14-17H,3H2,1-2H3,(H,12,13)/t5?,6?,7-,8-,9?,10+/m0/s1. The van der Waals surface area contributed by atoms with Gasteiger partial charge in [0.05, 0.1) is 6.61 Å². The third-order valence-electron chi connectivity index (χ3n) is 2.87. The van der Waals surface area contributed by atoms with Gasteiger partial charge in [-0.25, -0.2) is 4.79 Å². The topological polar surface area (TPSA) is 146 Å². The van der Waals surface area contributed by atoms with E-state index >= 15 is 0 Å². The van der Waals surface area contributed by atoms with Crippen LogP contribution in [0.25, 0.3) is 0 Å². The summed E-state index contributed by atoms with van der Waals surface area (Å²) < 4.78 is 9.45. The zero-order chi connectivity index (χ0) is 15.4. The van der Waals surface area contributed by atoms with Crippen LogP contribution in [0.4, 0.5) is 0 Å². The van der Waals surface area contributed by atoms with Gasteiger partial charge in [0, 0.05) is 6.92 Å². The van der Waals surface area contributed by atoms with Crippen LogP contribution in [-0.2, 0) is 19.1 Å². The Bertz CT molecular complexity index is 362. The maximum absolute atomic E-state index is 11.4. The fourth-order valence-corrected chi connectivity index (χ4v) is 1.92. The summed E-state index contributed by atoms with van der Waals surface area (Å²) in [4.78, 5) is 22.3. The van der Waals surface area contributed by atoms with Crippen molar-refractivity contribution in [2.75, 3.05) is 6.61 Å². The smallest absolute Gasteiger partial charge is 0.337 e. The van der Waals surface area contributed by atoms with Crippen molar-refractivity contribution in [1.29, 1.82) is 0 Å². The van der Waals surface area contributed by atoms with E-state index in [1.54, 1.807) is 0 Å². The van der Waals surface area contributed by atoms with Crippen molar-refractivity contribution in [3.63, 3.8) is 0 Å². The first-order chi connectivity index (χ1) is 9.29. The minimum Gasteiger partial charge on any atom is -0.464 e. The predicted molar refractivity (Wildman–Crippen MR) is 63.1 cm³/mol. The molecule has 0 aromatic rings. The van der Waals surface area contributed by atoms with E-state index in [-0.39, 0.29) is 6.61 Å². The highest BCUT2D eigenvalue weighted by Gasteiger charge is 2.48. The molecule has 116 valence electrons. The fraction of sp³-hybridized carbons (Fsp3) is 0.818. The Hall–Kier alpha value is -1.26. The molecular formula is C11H19NO8. The molecule has 6 atom stereocenters. The van der Waals surface area contributed by atoms with Crippen LogP contribution >= 0.6 is 0 Å². The Balaban J connectivity index is 2.79. The molecule has 1 fully saturated rings. The third-order valence-corrected chi connectivity index (χ3v) is 2.87. The Labute approximate surface area is 115 Å². The maximum atomic E-state index is 11.4. The van der Waals surface area contributed by atoms with Gasteiger partial charge in [0.2, 0.25) is 5.91 Å². The SMILES string of the molecule is CCOC(=O)[C@@H](O)C1O[C@@H](O)C(NC(C)=O)C(O)[C@@H]1O. The van der Waals surface area contributed by atoms with E-state index in [2.05, 4.69) is 10.1 Å². The van der Waals surface area contributed by atoms with Gasteiger partial charge in [0.1, 0.15) is 24.4 Å². The molecule has 1 saturated heterocycles. The summed E-state index contributed by atoms with van der Waals surface area (Å²) in [6.07, 6.45) is -8.42.